The first-order valence-corrected chi connectivity index (χ1v) is 7.91. The van der Waals surface area contributed by atoms with Crippen LogP contribution in [0.1, 0.15) is 43.2 Å². The predicted octanol–water partition coefficient (Wildman–Crippen LogP) is 4.78. The van der Waals surface area contributed by atoms with E-state index in [-0.39, 0.29) is 0 Å². The van der Waals surface area contributed by atoms with Crippen LogP contribution in [0.25, 0.3) is 0 Å². The number of ether oxygens (including phenoxy) is 1. The fourth-order valence-electron chi connectivity index (χ4n) is 3.52. The van der Waals surface area contributed by atoms with Gasteiger partial charge in [0, 0.05) is 10.2 Å². The molecule has 0 aromatic heterocycles. The van der Waals surface area contributed by atoms with Crippen LogP contribution in [0.5, 0.6) is 5.75 Å². The monoisotopic (exact) mass is 308 g/mol. The van der Waals surface area contributed by atoms with E-state index in [1.807, 2.05) is 0 Å². The number of hydrogen-bond donors (Lipinski definition) is 0. The summed E-state index contributed by atoms with van der Waals surface area (Å²) in [4.78, 5) is 0.669. The van der Waals surface area contributed by atoms with Gasteiger partial charge in [-0.2, -0.15) is 0 Å². The molecule has 2 atom stereocenters. The number of alkyl halides is 1. The lowest BCUT2D eigenvalue weighted by atomic mass is 9.64. The summed E-state index contributed by atoms with van der Waals surface area (Å²) in [6.45, 7) is 4.27. The van der Waals surface area contributed by atoms with Crippen molar-refractivity contribution >= 4 is 15.9 Å². The van der Waals surface area contributed by atoms with E-state index < -0.39 is 0 Å². The number of benzene rings is 1. The summed E-state index contributed by atoms with van der Waals surface area (Å²) in [6, 6.07) is 6.50. The Hall–Kier alpha value is -0.500. The molecule has 2 saturated carbocycles. The normalized spacial score (nSPS) is 29.3. The molecule has 0 amide bonds. The third-order valence-electron chi connectivity index (χ3n) is 4.83. The van der Waals surface area contributed by atoms with Gasteiger partial charge in [-0.15, -0.1) is 0 Å². The van der Waals surface area contributed by atoms with Gasteiger partial charge < -0.3 is 4.74 Å². The molecule has 0 heterocycles. The third kappa shape index (κ3) is 1.89. The number of halogens is 1. The molecule has 1 spiro atoms. The van der Waals surface area contributed by atoms with Crippen molar-refractivity contribution in [3.63, 3.8) is 0 Å². The number of hydrogen-bond acceptors (Lipinski definition) is 1. The van der Waals surface area contributed by atoms with Crippen molar-refractivity contribution in [2.75, 3.05) is 0 Å². The van der Waals surface area contributed by atoms with Crippen LogP contribution in [-0.2, 0) is 0 Å². The van der Waals surface area contributed by atoms with Gasteiger partial charge in [0.15, 0.2) is 0 Å². The highest BCUT2D eigenvalue weighted by Gasteiger charge is 2.56. The molecule has 1 aromatic rings. The molecule has 2 fully saturated rings. The summed E-state index contributed by atoms with van der Waals surface area (Å²) in [5.41, 5.74) is 2.97. The SMILES string of the molecule is Cc1ccc(C)c(OC2CC(Br)C23CCCC3)c1. The van der Waals surface area contributed by atoms with Crippen LogP contribution in [0.4, 0.5) is 0 Å². The molecule has 0 radical (unpaired) electrons. The molecule has 0 bridgehead atoms. The van der Waals surface area contributed by atoms with Gasteiger partial charge in [0.25, 0.3) is 0 Å². The van der Waals surface area contributed by atoms with Crippen LogP contribution >= 0.6 is 15.9 Å². The van der Waals surface area contributed by atoms with Crippen LogP contribution < -0.4 is 4.74 Å². The molecule has 3 rings (SSSR count). The minimum absolute atomic E-state index is 0.421. The van der Waals surface area contributed by atoms with Gasteiger partial charge in [-0.1, -0.05) is 40.9 Å². The van der Waals surface area contributed by atoms with E-state index >= 15 is 0 Å². The summed E-state index contributed by atoms with van der Waals surface area (Å²) in [6.07, 6.45) is 6.98. The standard InChI is InChI=1S/C16H21BrO/c1-11-5-6-12(2)13(9-11)18-15-10-14(17)16(15)7-3-4-8-16/h5-6,9,14-15H,3-4,7-8,10H2,1-2H3. The van der Waals surface area contributed by atoms with E-state index in [1.165, 1.54) is 36.8 Å². The van der Waals surface area contributed by atoms with E-state index in [0.717, 1.165) is 12.2 Å². The van der Waals surface area contributed by atoms with Crippen LogP contribution in [-0.4, -0.2) is 10.9 Å². The van der Waals surface area contributed by atoms with Gasteiger partial charge in [0.05, 0.1) is 0 Å². The number of rotatable bonds is 2. The Morgan fingerprint density at radius 1 is 1.22 bits per heavy atom. The average Bonchev–Trinajstić information content (AvgIpc) is 2.85. The predicted molar refractivity (Wildman–Crippen MR) is 78.6 cm³/mol. The Labute approximate surface area is 118 Å². The molecule has 0 aliphatic heterocycles. The zero-order chi connectivity index (χ0) is 12.8. The highest BCUT2D eigenvalue weighted by atomic mass is 79.9. The van der Waals surface area contributed by atoms with Crippen LogP contribution in [0.2, 0.25) is 0 Å². The first kappa shape index (κ1) is 12.5. The highest BCUT2D eigenvalue weighted by molar-refractivity contribution is 9.09. The van der Waals surface area contributed by atoms with Gasteiger partial charge >= 0.3 is 0 Å². The lowest BCUT2D eigenvalue weighted by Gasteiger charge is -2.51. The van der Waals surface area contributed by atoms with Crippen molar-refractivity contribution in [3.05, 3.63) is 29.3 Å². The first-order valence-electron chi connectivity index (χ1n) is 7.00. The third-order valence-corrected chi connectivity index (χ3v) is 6.12. The average molecular weight is 309 g/mol. The van der Waals surface area contributed by atoms with Crippen molar-refractivity contribution in [3.8, 4) is 5.75 Å². The van der Waals surface area contributed by atoms with Gasteiger partial charge in [-0.05, 0) is 50.3 Å². The Bertz CT molecular complexity index is 448. The second kappa shape index (κ2) is 4.56. The molecule has 98 valence electrons. The Morgan fingerprint density at radius 2 is 1.94 bits per heavy atom. The lowest BCUT2D eigenvalue weighted by molar-refractivity contribution is -0.0307. The van der Waals surface area contributed by atoms with Crippen molar-refractivity contribution in [1.29, 1.82) is 0 Å². The Balaban J connectivity index is 1.79. The molecular weight excluding hydrogens is 288 g/mol. The topological polar surface area (TPSA) is 9.23 Å². The number of aryl methyl sites for hydroxylation is 2. The molecule has 1 aromatic carbocycles. The van der Waals surface area contributed by atoms with Crippen molar-refractivity contribution in [2.45, 2.75) is 56.9 Å². The van der Waals surface area contributed by atoms with Gasteiger partial charge in [-0.3, -0.25) is 0 Å². The zero-order valence-corrected chi connectivity index (χ0v) is 12.8. The molecule has 0 N–H and O–H groups in total. The molecule has 2 aliphatic carbocycles. The fourth-order valence-corrected chi connectivity index (χ4v) is 4.61. The molecule has 18 heavy (non-hydrogen) atoms. The highest BCUT2D eigenvalue weighted by Crippen LogP contribution is 2.57. The Morgan fingerprint density at radius 3 is 2.61 bits per heavy atom. The minimum atomic E-state index is 0.421. The summed E-state index contributed by atoms with van der Waals surface area (Å²) >= 11 is 3.85. The van der Waals surface area contributed by atoms with E-state index in [0.29, 0.717) is 16.3 Å². The molecule has 0 saturated heterocycles. The smallest absolute Gasteiger partial charge is 0.122 e. The first-order chi connectivity index (χ1) is 8.62. The van der Waals surface area contributed by atoms with Crippen molar-refractivity contribution < 1.29 is 4.74 Å². The summed E-state index contributed by atoms with van der Waals surface area (Å²) in [5, 5.41) is 0. The van der Waals surface area contributed by atoms with E-state index in [2.05, 4.69) is 48.0 Å². The molecule has 2 heteroatoms. The maximum absolute atomic E-state index is 6.34. The van der Waals surface area contributed by atoms with E-state index in [4.69, 9.17) is 4.74 Å². The summed E-state index contributed by atoms with van der Waals surface area (Å²) < 4.78 is 6.34. The molecule has 2 aliphatic rings. The van der Waals surface area contributed by atoms with E-state index in [9.17, 15) is 0 Å². The fraction of sp³-hybridized carbons (Fsp3) is 0.625. The molecule has 1 nitrogen and oxygen atoms in total. The Kier molecular flexibility index (Phi) is 3.17. The van der Waals surface area contributed by atoms with Crippen LogP contribution in [0, 0.1) is 19.3 Å². The summed E-state index contributed by atoms with van der Waals surface area (Å²) in [7, 11) is 0. The second-order valence-electron chi connectivity index (χ2n) is 6.02. The lowest BCUT2D eigenvalue weighted by Crippen LogP contribution is -2.55. The zero-order valence-electron chi connectivity index (χ0n) is 11.2. The van der Waals surface area contributed by atoms with Gasteiger partial charge in [0.1, 0.15) is 11.9 Å². The van der Waals surface area contributed by atoms with Crippen LogP contribution in [0.15, 0.2) is 18.2 Å². The van der Waals surface area contributed by atoms with Crippen LogP contribution in [0.3, 0.4) is 0 Å². The van der Waals surface area contributed by atoms with Gasteiger partial charge in [-0.25, -0.2) is 0 Å². The van der Waals surface area contributed by atoms with Crippen molar-refractivity contribution in [1.82, 2.24) is 0 Å². The molecular formula is C16H21BrO. The minimum Gasteiger partial charge on any atom is -0.489 e. The quantitative estimate of drug-likeness (QED) is 0.715. The summed E-state index contributed by atoms with van der Waals surface area (Å²) in [5.74, 6) is 1.09. The maximum Gasteiger partial charge on any atom is 0.122 e. The largest absolute Gasteiger partial charge is 0.489 e. The maximum atomic E-state index is 6.34. The van der Waals surface area contributed by atoms with E-state index in [1.54, 1.807) is 0 Å². The van der Waals surface area contributed by atoms with Crippen molar-refractivity contribution in [2.24, 2.45) is 5.41 Å². The second-order valence-corrected chi connectivity index (χ2v) is 7.12. The van der Waals surface area contributed by atoms with Gasteiger partial charge in [0.2, 0.25) is 0 Å². The molecule has 2 unspecified atom stereocenters.